The predicted molar refractivity (Wildman–Crippen MR) is 99.7 cm³/mol. The molecule has 2 aromatic rings. The van der Waals surface area contributed by atoms with Crippen LogP contribution in [0.4, 0.5) is 0 Å². The summed E-state index contributed by atoms with van der Waals surface area (Å²) in [5.41, 5.74) is 0. The monoisotopic (exact) mass is 364 g/mol. The van der Waals surface area contributed by atoms with Crippen molar-refractivity contribution < 1.29 is 9.53 Å². The van der Waals surface area contributed by atoms with Crippen molar-refractivity contribution in [2.24, 2.45) is 0 Å². The van der Waals surface area contributed by atoms with Crippen molar-refractivity contribution >= 4 is 28.6 Å². The lowest BCUT2D eigenvalue weighted by molar-refractivity contribution is -0.121. The van der Waals surface area contributed by atoms with Gasteiger partial charge in [0.1, 0.15) is 0 Å². The van der Waals surface area contributed by atoms with Crippen LogP contribution in [0.5, 0.6) is 0 Å². The summed E-state index contributed by atoms with van der Waals surface area (Å²) in [5.74, 6) is 0.154. The maximum absolute atomic E-state index is 12.2. The number of carbonyl (C=O) groups is 1. The first-order chi connectivity index (χ1) is 11.8. The zero-order chi connectivity index (χ0) is 16.6. The zero-order valence-corrected chi connectivity index (χ0v) is 15.4. The topological polar surface area (TPSA) is 41.6 Å². The van der Waals surface area contributed by atoms with Gasteiger partial charge in [-0.1, -0.05) is 12.1 Å². The maximum Gasteiger partial charge on any atom is 0.220 e. The van der Waals surface area contributed by atoms with E-state index in [1.807, 2.05) is 0 Å². The van der Waals surface area contributed by atoms with Gasteiger partial charge >= 0.3 is 0 Å². The van der Waals surface area contributed by atoms with E-state index in [0.29, 0.717) is 13.0 Å². The Morgan fingerprint density at radius 1 is 1.21 bits per heavy atom. The van der Waals surface area contributed by atoms with Crippen molar-refractivity contribution in [3.8, 4) is 0 Å². The second kappa shape index (κ2) is 9.32. The summed E-state index contributed by atoms with van der Waals surface area (Å²) in [6, 6.07) is 8.70. The number of hydrogen-bond acceptors (Lipinski definition) is 5. The highest BCUT2D eigenvalue weighted by Crippen LogP contribution is 2.25. The summed E-state index contributed by atoms with van der Waals surface area (Å²) in [5, 5.41) is 7.33. The first-order valence-electron chi connectivity index (χ1n) is 8.47. The van der Waals surface area contributed by atoms with Crippen molar-refractivity contribution in [2.75, 3.05) is 32.8 Å². The van der Waals surface area contributed by atoms with Crippen LogP contribution in [0.25, 0.3) is 0 Å². The number of thiophene rings is 2. The number of nitrogens with zero attached hydrogens (tertiary/aromatic N) is 1. The van der Waals surface area contributed by atoms with E-state index >= 15 is 0 Å². The molecule has 0 radical (unpaired) electrons. The number of carbonyl (C=O) groups excluding carboxylic acids is 1. The summed E-state index contributed by atoms with van der Waals surface area (Å²) < 4.78 is 5.46. The van der Waals surface area contributed by atoms with E-state index in [2.05, 4.69) is 45.2 Å². The molecule has 6 heteroatoms. The molecule has 1 amide bonds. The standard InChI is InChI=1S/C18H24N2O2S2/c21-18(7-1-4-15-5-2-12-23-15)19-14-16(17-6-3-13-24-17)20-8-10-22-11-9-20/h2-3,5-6,12-13,16H,1,4,7-11,14H2,(H,19,21)/t16-/m1/s1. The minimum absolute atomic E-state index is 0.154. The average Bonchev–Trinajstić information content (AvgIpc) is 3.30. The highest BCUT2D eigenvalue weighted by molar-refractivity contribution is 7.10. The minimum Gasteiger partial charge on any atom is -0.379 e. The molecule has 1 aliphatic rings. The van der Waals surface area contributed by atoms with Gasteiger partial charge in [0.05, 0.1) is 19.3 Å². The molecule has 0 aromatic carbocycles. The van der Waals surface area contributed by atoms with Crippen LogP contribution < -0.4 is 5.32 Å². The molecule has 1 fully saturated rings. The molecule has 1 atom stereocenters. The lowest BCUT2D eigenvalue weighted by Crippen LogP contribution is -2.43. The van der Waals surface area contributed by atoms with Gasteiger partial charge in [-0.2, -0.15) is 0 Å². The summed E-state index contributed by atoms with van der Waals surface area (Å²) in [7, 11) is 0. The highest BCUT2D eigenvalue weighted by atomic mass is 32.1. The zero-order valence-electron chi connectivity index (χ0n) is 13.8. The third-order valence-corrected chi connectivity index (χ3v) is 6.17. The van der Waals surface area contributed by atoms with Crippen LogP contribution in [0.1, 0.15) is 28.6 Å². The molecule has 1 N–H and O–H groups in total. The SMILES string of the molecule is O=C(CCCc1cccs1)NC[C@H](c1cccs1)N1CCOCC1. The van der Waals surface area contributed by atoms with Crippen molar-refractivity contribution in [3.05, 3.63) is 44.8 Å². The lowest BCUT2D eigenvalue weighted by atomic mass is 10.1. The Morgan fingerprint density at radius 3 is 2.71 bits per heavy atom. The van der Waals surface area contributed by atoms with Crippen LogP contribution in [-0.4, -0.2) is 43.7 Å². The van der Waals surface area contributed by atoms with Gasteiger partial charge in [-0.15, -0.1) is 22.7 Å². The number of ether oxygens (including phenoxy) is 1. The van der Waals surface area contributed by atoms with Gasteiger partial charge in [0.15, 0.2) is 0 Å². The second-order valence-electron chi connectivity index (χ2n) is 5.92. The molecule has 1 aliphatic heterocycles. The summed E-state index contributed by atoms with van der Waals surface area (Å²) in [4.78, 5) is 17.3. The Kier molecular flexibility index (Phi) is 6.84. The Labute approximate surface area is 151 Å². The van der Waals surface area contributed by atoms with E-state index in [4.69, 9.17) is 4.74 Å². The molecular formula is C18H24N2O2S2. The molecule has 4 nitrogen and oxygen atoms in total. The molecule has 0 saturated carbocycles. The Morgan fingerprint density at radius 2 is 2.00 bits per heavy atom. The van der Waals surface area contributed by atoms with Gasteiger partial charge in [0.25, 0.3) is 0 Å². The predicted octanol–water partition coefficient (Wildman–Crippen LogP) is 3.32. The van der Waals surface area contributed by atoms with E-state index in [9.17, 15) is 4.79 Å². The third kappa shape index (κ3) is 5.14. The molecule has 130 valence electrons. The molecule has 0 aliphatic carbocycles. The van der Waals surface area contributed by atoms with Gasteiger partial charge in [0.2, 0.25) is 5.91 Å². The van der Waals surface area contributed by atoms with E-state index < -0.39 is 0 Å². The Hall–Kier alpha value is -1.21. The maximum atomic E-state index is 12.2. The van der Waals surface area contributed by atoms with Gasteiger partial charge in [-0.25, -0.2) is 0 Å². The summed E-state index contributed by atoms with van der Waals surface area (Å²) in [6.45, 7) is 4.08. The van der Waals surface area contributed by atoms with Crippen LogP contribution in [0, 0.1) is 0 Å². The number of aryl methyl sites for hydroxylation is 1. The Balaban J connectivity index is 1.46. The minimum atomic E-state index is 0.154. The molecule has 1 saturated heterocycles. The van der Waals surface area contributed by atoms with Crippen molar-refractivity contribution in [1.29, 1.82) is 0 Å². The quantitative estimate of drug-likeness (QED) is 0.781. The van der Waals surface area contributed by atoms with Gasteiger partial charge in [-0.3, -0.25) is 9.69 Å². The normalized spacial score (nSPS) is 16.8. The molecule has 0 unspecified atom stereocenters. The fraction of sp³-hybridized carbons (Fsp3) is 0.500. The van der Waals surface area contributed by atoms with Crippen molar-refractivity contribution in [2.45, 2.75) is 25.3 Å². The Bertz CT molecular complexity index is 593. The van der Waals surface area contributed by atoms with Gasteiger partial charge < -0.3 is 10.1 Å². The smallest absolute Gasteiger partial charge is 0.220 e. The third-order valence-electron chi connectivity index (χ3n) is 4.26. The molecule has 0 spiro atoms. The van der Waals surface area contributed by atoms with Gasteiger partial charge in [-0.05, 0) is 35.7 Å². The molecule has 24 heavy (non-hydrogen) atoms. The molecule has 3 rings (SSSR count). The van der Waals surface area contributed by atoms with Crippen LogP contribution in [-0.2, 0) is 16.0 Å². The van der Waals surface area contributed by atoms with Crippen LogP contribution >= 0.6 is 22.7 Å². The van der Waals surface area contributed by atoms with E-state index in [0.717, 1.165) is 39.1 Å². The first kappa shape index (κ1) is 17.6. The lowest BCUT2D eigenvalue weighted by Gasteiger charge is -2.34. The number of hydrogen-bond donors (Lipinski definition) is 1. The molecule has 0 bridgehead atoms. The van der Waals surface area contributed by atoms with Crippen molar-refractivity contribution in [1.82, 2.24) is 10.2 Å². The second-order valence-corrected chi connectivity index (χ2v) is 7.93. The fourth-order valence-electron chi connectivity index (χ4n) is 2.96. The van der Waals surface area contributed by atoms with Gasteiger partial charge in [0, 0.05) is 35.8 Å². The highest BCUT2D eigenvalue weighted by Gasteiger charge is 2.23. The molecule has 3 heterocycles. The van der Waals surface area contributed by atoms with Crippen LogP contribution in [0.15, 0.2) is 35.0 Å². The number of nitrogens with one attached hydrogen (secondary N) is 1. The average molecular weight is 365 g/mol. The number of rotatable bonds is 8. The first-order valence-corrected chi connectivity index (χ1v) is 10.2. The number of morpholine rings is 1. The summed E-state index contributed by atoms with van der Waals surface area (Å²) >= 11 is 3.52. The fourth-order valence-corrected chi connectivity index (χ4v) is 4.57. The van der Waals surface area contributed by atoms with Crippen molar-refractivity contribution in [3.63, 3.8) is 0 Å². The molecular weight excluding hydrogens is 340 g/mol. The summed E-state index contributed by atoms with van der Waals surface area (Å²) in [6.07, 6.45) is 2.49. The van der Waals surface area contributed by atoms with Crippen LogP contribution in [0.3, 0.4) is 0 Å². The van der Waals surface area contributed by atoms with E-state index in [1.54, 1.807) is 22.7 Å². The van der Waals surface area contributed by atoms with Crippen LogP contribution in [0.2, 0.25) is 0 Å². The largest absolute Gasteiger partial charge is 0.379 e. The molecule has 2 aromatic heterocycles. The number of amides is 1. The van der Waals surface area contributed by atoms with E-state index in [-0.39, 0.29) is 11.9 Å². The van der Waals surface area contributed by atoms with E-state index in [1.165, 1.54) is 9.75 Å².